The Morgan fingerprint density at radius 2 is 1.00 bits per heavy atom. The molecule has 3 heteroatoms. The highest BCUT2D eigenvalue weighted by Gasteiger charge is 2.14. The molecule has 0 aliphatic heterocycles. The van der Waals surface area contributed by atoms with Crippen molar-refractivity contribution < 1.29 is 0 Å². The molecule has 6 aromatic rings. The Labute approximate surface area is 197 Å². The van der Waals surface area contributed by atoms with Crippen molar-refractivity contribution in [2.45, 2.75) is 0 Å². The number of thiophene rings is 1. The Morgan fingerprint density at radius 1 is 0.455 bits per heavy atom. The van der Waals surface area contributed by atoms with Gasteiger partial charge in [-0.25, -0.2) is 0 Å². The Balaban J connectivity index is 1.43. The van der Waals surface area contributed by atoms with Gasteiger partial charge in [0, 0.05) is 48.6 Å². The van der Waals surface area contributed by atoms with Gasteiger partial charge in [0.2, 0.25) is 0 Å². The van der Waals surface area contributed by atoms with Crippen LogP contribution in [0.2, 0.25) is 0 Å². The first-order valence-electron chi connectivity index (χ1n) is 11.0. The fourth-order valence-electron chi connectivity index (χ4n) is 4.27. The van der Waals surface area contributed by atoms with E-state index in [1.165, 1.54) is 20.2 Å². The molecule has 6 rings (SSSR count). The van der Waals surface area contributed by atoms with Crippen LogP contribution in [0.15, 0.2) is 127 Å². The molecule has 0 amide bonds. The van der Waals surface area contributed by atoms with Crippen molar-refractivity contribution >= 4 is 59.9 Å². The number of hydrogen-bond donors (Lipinski definition) is 1. The molecule has 0 fully saturated rings. The number of nitrogens with one attached hydrogen (secondary N) is 1. The van der Waals surface area contributed by atoms with Gasteiger partial charge in [-0.05, 0) is 60.7 Å². The third-order valence-corrected chi connectivity index (χ3v) is 6.92. The van der Waals surface area contributed by atoms with E-state index in [0.717, 1.165) is 28.4 Å². The summed E-state index contributed by atoms with van der Waals surface area (Å²) in [4.78, 5) is 2.31. The molecule has 0 atom stereocenters. The van der Waals surface area contributed by atoms with Crippen molar-refractivity contribution in [3.8, 4) is 0 Å². The lowest BCUT2D eigenvalue weighted by molar-refractivity contribution is 1.29. The molecule has 0 aliphatic rings. The summed E-state index contributed by atoms with van der Waals surface area (Å²) in [5, 5.41) is 6.11. The van der Waals surface area contributed by atoms with Crippen LogP contribution in [-0.4, -0.2) is 0 Å². The van der Waals surface area contributed by atoms with E-state index < -0.39 is 0 Å². The van der Waals surface area contributed by atoms with E-state index >= 15 is 0 Å². The molecule has 0 radical (unpaired) electrons. The van der Waals surface area contributed by atoms with Gasteiger partial charge in [0.05, 0.1) is 0 Å². The monoisotopic (exact) mass is 442 g/mol. The second-order valence-corrected chi connectivity index (χ2v) is 9.07. The number of anilines is 5. The van der Waals surface area contributed by atoms with Gasteiger partial charge in [0.1, 0.15) is 0 Å². The second kappa shape index (κ2) is 8.45. The summed E-state index contributed by atoms with van der Waals surface area (Å²) >= 11 is 1.84. The minimum Gasteiger partial charge on any atom is -0.355 e. The quantitative estimate of drug-likeness (QED) is 0.286. The molecule has 0 aliphatic carbocycles. The summed E-state index contributed by atoms with van der Waals surface area (Å²) in [5.74, 6) is 0. The van der Waals surface area contributed by atoms with Crippen LogP contribution in [0.25, 0.3) is 20.2 Å². The Kier molecular flexibility index (Phi) is 5.02. The third kappa shape index (κ3) is 3.84. The minimum atomic E-state index is 1.10. The SMILES string of the molecule is c1ccc(Nc2ccc3c(c2)sc2cc(N(c4ccccc4)c4ccccc4)ccc23)cc1. The van der Waals surface area contributed by atoms with Gasteiger partial charge in [-0.3, -0.25) is 0 Å². The lowest BCUT2D eigenvalue weighted by Gasteiger charge is -2.25. The van der Waals surface area contributed by atoms with Crippen molar-refractivity contribution in [1.29, 1.82) is 0 Å². The summed E-state index contributed by atoms with van der Waals surface area (Å²) in [6, 6.07) is 44.8. The second-order valence-electron chi connectivity index (χ2n) is 7.99. The molecule has 0 saturated heterocycles. The molecule has 0 unspecified atom stereocenters. The van der Waals surface area contributed by atoms with E-state index in [4.69, 9.17) is 0 Å². The van der Waals surface area contributed by atoms with Crippen molar-refractivity contribution in [2.24, 2.45) is 0 Å². The number of nitrogens with zero attached hydrogens (tertiary/aromatic N) is 1. The Morgan fingerprint density at radius 3 is 1.64 bits per heavy atom. The van der Waals surface area contributed by atoms with E-state index in [1.54, 1.807) is 0 Å². The molecule has 0 bridgehead atoms. The lowest BCUT2D eigenvalue weighted by Crippen LogP contribution is -2.09. The van der Waals surface area contributed by atoms with Gasteiger partial charge >= 0.3 is 0 Å². The molecule has 33 heavy (non-hydrogen) atoms. The van der Waals surface area contributed by atoms with Crippen LogP contribution in [0.1, 0.15) is 0 Å². The van der Waals surface area contributed by atoms with Crippen LogP contribution in [0.5, 0.6) is 0 Å². The molecule has 1 aromatic heterocycles. The van der Waals surface area contributed by atoms with Crippen LogP contribution in [-0.2, 0) is 0 Å². The maximum absolute atomic E-state index is 3.51. The summed E-state index contributed by atoms with van der Waals surface area (Å²) in [7, 11) is 0. The summed E-state index contributed by atoms with van der Waals surface area (Å²) < 4.78 is 2.57. The zero-order valence-electron chi connectivity index (χ0n) is 18.0. The molecular formula is C30H22N2S. The number of benzene rings is 5. The smallest absolute Gasteiger partial charge is 0.0476 e. The van der Waals surface area contributed by atoms with E-state index in [-0.39, 0.29) is 0 Å². The summed E-state index contributed by atoms with van der Waals surface area (Å²) in [5.41, 5.74) is 5.67. The highest BCUT2D eigenvalue weighted by Crippen LogP contribution is 2.41. The van der Waals surface area contributed by atoms with Crippen molar-refractivity contribution in [3.05, 3.63) is 127 Å². The normalized spacial score (nSPS) is 11.0. The van der Waals surface area contributed by atoms with Gasteiger partial charge in [0.15, 0.2) is 0 Å². The highest BCUT2D eigenvalue weighted by atomic mass is 32.1. The summed E-state index contributed by atoms with van der Waals surface area (Å²) in [6.07, 6.45) is 0. The van der Waals surface area contributed by atoms with Gasteiger partial charge in [-0.15, -0.1) is 11.3 Å². The van der Waals surface area contributed by atoms with E-state index in [1.807, 2.05) is 29.5 Å². The molecule has 158 valence electrons. The van der Waals surface area contributed by atoms with Crippen LogP contribution in [0.3, 0.4) is 0 Å². The Hall–Kier alpha value is -4.08. The predicted molar refractivity (Wildman–Crippen MR) is 144 cm³/mol. The maximum atomic E-state index is 3.51. The van der Waals surface area contributed by atoms with Crippen LogP contribution in [0, 0.1) is 0 Å². The van der Waals surface area contributed by atoms with Gasteiger partial charge in [-0.1, -0.05) is 66.7 Å². The first-order valence-corrected chi connectivity index (χ1v) is 11.9. The number of hydrogen-bond acceptors (Lipinski definition) is 3. The minimum absolute atomic E-state index is 1.10. The van der Waals surface area contributed by atoms with Crippen LogP contribution < -0.4 is 10.2 Å². The molecular weight excluding hydrogens is 420 g/mol. The average molecular weight is 443 g/mol. The zero-order chi connectivity index (χ0) is 22.0. The first-order chi connectivity index (χ1) is 16.3. The molecule has 0 saturated carbocycles. The largest absolute Gasteiger partial charge is 0.355 e. The van der Waals surface area contributed by atoms with Crippen molar-refractivity contribution in [1.82, 2.24) is 0 Å². The van der Waals surface area contributed by atoms with Crippen molar-refractivity contribution in [2.75, 3.05) is 10.2 Å². The fraction of sp³-hybridized carbons (Fsp3) is 0. The van der Waals surface area contributed by atoms with Gasteiger partial charge in [-0.2, -0.15) is 0 Å². The molecule has 0 spiro atoms. The zero-order valence-corrected chi connectivity index (χ0v) is 18.8. The van der Waals surface area contributed by atoms with Crippen molar-refractivity contribution in [3.63, 3.8) is 0 Å². The Bertz CT molecular complexity index is 1480. The fourth-order valence-corrected chi connectivity index (χ4v) is 5.45. The lowest BCUT2D eigenvalue weighted by atomic mass is 10.1. The topological polar surface area (TPSA) is 15.3 Å². The molecule has 1 heterocycles. The molecule has 5 aromatic carbocycles. The average Bonchev–Trinajstić information content (AvgIpc) is 3.23. The maximum Gasteiger partial charge on any atom is 0.0476 e. The van der Waals surface area contributed by atoms with Gasteiger partial charge in [0.25, 0.3) is 0 Å². The third-order valence-electron chi connectivity index (χ3n) is 5.81. The van der Waals surface area contributed by atoms with E-state index in [2.05, 4.69) is 119 Å². The molecule has 1 N–H and O–H groups in total. The van der Waals surface area contributed by atoms with Crippen LogP contribution >= 0.6 is 11.3 Å². The number of rotatable bonds is 5. The highest BCUT2D eigenvalue weighted by molar-refractivity contribution is 7.25. The van der Waals surface area contributed by atoms with E-state index in [9.17, 15) is 0 Å². The molecule has 2 nitrogen and oxygen atoms in total. The predicted octanol–water partition coefficient (Wildman–Crippen LogP) is 9.27. The first kappa shape index (κ1) is 19.6. The number of para-hydroxylation sites is 3. The summed E-state index contributed by atoms with van der Waals surface area (Å²) in [6.45, 7) is 0. The van der Waals surface area contributed by atoms with Gasteiger partial charge < -0.3 is 10.2 Å². The standard InChI is InChI=1S/C30H22N2S/c1-4-10-22(11-5-1)31-23-16-18-27-28-19-17-26(21-30(28)33-29(27)20-23)32(24-12-6-2-7-13-24)25-14-8-3-9-15-25/h1-21,31H. The van der Waals surface area contributed by atoms with Crippen LogP contribution in [0.4, 0.5) is 28.4 Å². The number of fused-ring (bicyclic) bond motifs is 3. The van der Waals surface area contributed by atoms with E-state index in [0.29, 0.717) is 0 Å².